The van der Waals surface area contributed by atoms with Crippen LogP contribution in [0.4, 0.5) is 8.78 Å². The van der Waals surface area contributed by atoms with Crippen LogP contribution in [0.2, 0.25) is 0 Å². The zero-order chi connectivity index (χ0) is 14.8. The molecule has 0 amide bonds. The monoisotopic (exact) mass is 287 g/mol. The van der Waals surface area contributed by atoms with Crippen molar-refractivity contribution < 1.29 is 13.2 Å². The van der Waals surface area contributed by atoms with E-state index in [2.05, 4.69) is 5.32 Å². The number of halogens is 2. The lowest BCUT2D eigenvalue weighted by molar-refractivity contribution is 0.535. The summed E-state index contributed by atoms with van der Waals surface area (Å²) in [6.07, 6.45) is 2.02. The van der Waals surface area contributed by atoms with E-state index in [4.69, 9.17) is 4.42 Å². The summed E-state index contributed by atoms with van der Waals surface area (Å²) in [4.78, 5) is 0. The maximum absolute atomic E-state index is 13.8. The molecule has 4 heteroatoms. The quantitative estimate of drug-likeness (QED) is 0.777. The Morgan fingerprint density at radius 1 is 1.14 bits per heavy atom. The predicted molar refractivity (Wildman–Crippen MR) is 78.1 cm³/mol. The number of likely N-dealkylation sites (N-methyl/N-ethyl adjacent to an activating group) is 1. The molecule has 1 aromatic heterocycles. The molecule has 0 bridgehead atoms. The van der Waals surface area contributed by atoms with Crippen LogP contribution >= 0.6 is 0 Å². The second kappa shape index (κ2) is 5.66. The van der Waals surface area contributed by atoms with Crippen molar-refractivity contribution in [3.05, 3.63) is 71.5 Å². The summed E-state index contributed by atoms with van der Waals surface area (Å²) in [6, 6.07) is 11.0. The van der Waals surface area contributed by atoms with Crippen molar-refractivity contribution >= 4 is 11.0 Å². The third kappa shape index (κ3) is 2.67. The number of benzene rings is 2. The maximum atomic E-state index is 13.8. The fourth-order valence-corrected chi connectivity index (χ4v) is 2.56. The summed E-state index contributed by atoms with van der Waals surface area (Å²) in [7, 11) is 1.80. The molecule has 2 nitrogen and oxygen atoms in total. The first-order chi connectivity index (χ1) is 10.2. The number of para-hydroxylation sites is 1. The molecular weight excluding hydrogens is 272 g/mol. The normalized spacial score (nSPS) is 12.7. The molecule has 3 aromatic rings. The van der Waals surface area contributed by atoms with Crippen LogP contribution < -0.4 is 5.32 Å². The van der Waals surface area contributed by atoms with Gasteiger partial charge in [0.2, 0.25) is 0 Å². The van der Waals surface area contributed by atoms with E-state index >= 15 is 0 Å². The molecule has 1 atom stereocenters. The SMILES string of the molecule is CNC(Cc1cc(F)ccc1F)c1coc2ccccc12. The predicted octanol–water partition coefficient (Wildman–Crippen LogP) is 4.21. The zero-order valence-corrected chi connectivity index (χ0v) is 11.6. The average Bonchev–Trinajstić information content (AvgIpc) is 2.92. The van der Waals surface area contributed by atoms with E-state index in [1.807, 2.05) is 24.3 Å². The lowest BCUT2D eigenvalue weighted by Gasteiger charge is -2.15. The van der Waals surface area contributed by atoms with E-state index in [0.29, 0.717) is 12.0 Å². The van der Waals surface area contributed by atoms with E-state index in [9.17, 15) is 8.78 Å². The molecule has 0 radical (unpaired) electrons. The van der Waals surface area contributed by atoms with Crippen LogP contribution in [-0.2, 0) is 6.42 Å². The maximum Gasteiger partial charge on any atom is 0.134 e. The van der Waals surface area contributed by atoms with Crippen molar-refractivity contribution in [1.29, 1.82) is 0 Å². The Morgan fingerprint density at radius 3 is 2.76 bits per heavy atom. The average molecular weight is 287 g/mol. The first-order valence-electron chi connectivity index (χ1n) is 6.76. The largest absolute Gasteiger partial charge is 0.464 e. The Balaban J connectivity index is 1.97. The summed E-state index contributed by atoms with van der Waals surface area (Å²) in [5.41, 5.74) is 2.07. The molecule has 1 unspecified atom stereocenters. The standard InChI is InChI=1S/C17H15F2NO/c1-20-16(9-11-8-12(18)6-7-15(11)19)14-10-21-17-5-3-2-4-13(14)17/h2-8,10,16,20H,9H2,1H3. The molecule has 0 fully saturated rings. The van der Waals surface area contributed by atoms with Crippen LogP contribution in [0.15, 0.2) is 53.1 Å². The molecule has 2 aromatic carbocycles. The van der Waals surface area contributed by atoms with Gasteiger partial charge >= 0.3 is 0 Å². The van der Waals surface area contributed by atoms with Gasteiger partial charge in [0.05, 0.1) is 6.26 Å². The highest BCUT2D eigenvalue weighted by Gasteiger charge is 2.18. The van der Waals surface area contributed by atoms with E-state index < -0.39 is 11.6 Å². The second-order valence-corrected chi connectivity index (χ2v) is 4.97. The van der Waals surface area contributed by atoms with Crippen LogP contribution in [0.1, 0.15) is 17.2 Å². The Labute approximate surface area is 121 Å². The third-order valence-corrected chi connectivity index (χ3v) is 3.67. The topological polar surface area (TPSA) is 25.2 Å². The van der Waals surface area contributed by atoms with Gasteiger partial charge in [0.25, 0.3) is 0 Å². The first-order valence-corrected chi connectivity index (χ1v) is 6.76. The molecule has 3 rings (SSSR count). The van der Waals surface area contributed by atoms with Crippen molar-refractivity contribution in [3.8, 4) is 0 Å². The van der Waals surface area contributed by atoms with Gasteiger partial charge < -0.3 is 9.73 Å². The lowest BCUT2D eigenvalue weighted by atomic mass is 9.98. The van der Waals surface area contributed by atoms with Gasteiger partial charge in [-0.2, -0.15) is 0 Å². The summed E-state index contributed by atoms with van der Waals surface area (Å²) in [5, 5.41) is 4.12. The van der Waals surface area contributed by atoms with Crippen molar-refractivity contribution in [1.82, 2.24) is 5.32 Å². The molecule has 0 saturated heterocycles. The summed E-state index contributed by atoms with van der Waals surface area (Å²) in [5.74, 6) is -0.831. The van der Waals surface area contributed by atoms with Gasteiger partial charge in [-0.15, -0.1) is 0 Å². The molecule has 21 heavy (non-hydrogen) atoms. The van der Waals surface area contributed by atoms with Crippen molar-refractivity contribution in [2.75, 3.05) is 7.05 Å². The molecule has 1 heterocycles. The molecule has 0 aliphatic rings. The molecule has 1 N–H and O–H groups in total. The van der Waals surface area contributed by atoms with Crippen LogP contribution in [0.3, 0.4) is 0 Å². The zero-order valence-electron chi connectivity index (χ0n) is 11.6. The van der Waals surface area contributed by atoms with Gasteiger partial charge in [-0.05, 0) is 43.3 Å². The first kappa shape index (κ1) is 13.8. The Morgan fingerprint density at radius 2 is 1.95 bits per heavy atom. The second-order valence-electron chi connectivity index (χ2n) is 4.97. The van der Waals surface area contributed by atoms with Crippen molar-refractivity contribution in [2.24, 2.45) is 0 Å². The highest BCUT2D eigenvalue weighted by molar-refractivity contribution is 5.81. The summed E-state index contributed by atoms with van der Waals surface area (Å²) in [6.45, 7) is 0. The lowest BCUT2D eigenvalue weighted by Crippen LogP contribution is -2.19. The van der Waals surface area contributed by atoms with Crippen LogP contribution in [-0.4, -0.2) is 7.05 Å². The van der Waals surface area contributed by atoms with Gasteiger partial charge in [0.15, 0.2) is 0 Å². The van der Waals surface area contributed by atoms with Gasteiger partial charge in [0, 0.05) is 17.0 Å². The number of furan rings is 1. The van der Waals surface area contributed by atoms with Gasteiger partial charge in [0.1, 0.15) is 17.2 Å². The number of fused-ring (bicyclic) bond motifs is 1. The summed E-state index contributed by atoms with van der Waals surface area (Å²) < 4.78 is 32.6. The van der Waals surface area contributed by atoms with Gasteiger partial charge in [-0.3, -0.25) is 0 Å². The molecule has 0 spiro atoms. The minimum atomic E-state index is -0.432. The minimum absolute atomic E-state index is 0.148. The van der Waals surface area contributed by atoms with Crippen LogP contribution in [0, 0.1) is 11.6 Å². The smallest absolute Gasteiger partial charge is 0.134 e. The summed E-state index contributed by atoms with van der Waals surface area (Å²) >= 11 is 0. The van der Waals surface area contributed by atoms with Gasteiger partial charge in [-0.1, -0.05) is 18.2 Å². The Bertz CT molecular complexity index is 766. The number of rotatable bonds is 4. The van der Waals surface area contributed by atoms with Gasteiger partial charge in [-0.25, -0.2) is 8.78 Å². The highest BCUT2D eigenvalue weighted by Crippen LogP contribution is 2.29. The molecule has 0 saturated carbocycles. The number of hydrogen-bond donors (Lipinski definition) is 1. The highest BCUT2D eigenvalue weighted by atomic mass is 19.1. The third-order valence-electron chi connectivity index (χ3n) is 3.67. The minimum Gasteiger partial charge on any atom is -0.464 e. The van der Waals surface area contributed by atoms with E-state index in [1.54, 1.807) is 13.3 Å². The molecule has 108 valence electrons. The molecular formula is C17H15F2NO. The number of nitrogens with one attached hydrogen (secondary N) is 1. The fraction of sp³-hybridized carbons (Fsp3) is 0.176. The van der Waals surface area contributed by atoms with E-state index in [-0.39, 0.29) is 6.04 Å². The van der Waals surface area contributed by atoms with Crippen LogP contribution in [0.5, 0.6) is 0 Å². The fourth-order valence-electron chi connectivity index (χ4n) is 2.56. The number of hydrogen-bond acceptors (Lipinski definition) is 2. The van der Waals surface area contributed by atoms with Crippen LogP contribution in [0.25, 0.3) is 11.0 Å². The molecule has 0 aliphatic heterocycles. The van der Waals surface area contributed by atoms with Crippen molar-refractivity contribution in [3.63, 3.8) is 0 Å². The Kier molecular flexibility index (Phi) is 3.71. The van der Waals surface area contributed by atoms with E-state index in [1.165, 1.54) is 6.07 Å². The molecule has 0 aliphatic carbocycles. The Hall–Kier alpha value is -2.20. The van der Waals surface area contributed by atoms with E-state index in [0.717, 1.165) is 28.7 Å². The van der Waals surface area contributed by atoms with Crippen molar-refractivity contribution in [2.45, 2.75) is 12.5 Å².